The van der Waals surface area contributed by atoms with Crippen molar-refractivity contribution in [1.82, 2.24) is 9.97 Å². The molecule has 2 heterocycles. The molecule has 0 bridgehead atoms. The maximum Gasteiger partial charge on any atom is 0.322 e. The minimum atomic E-state index is -0.965. The molecular weight excluding hydrogens is 324 g/mol. The van der Waals surface area contributed by atoms with Crippen molar-refractivity contribution in [3.63, 3.8) is 0 Å². The van der Waals surface area contributed by atoms with Gasteiger partial charge in [-0.3, -0.25) is 4.79 Å². The average Bonchev–Trinajstić information content (AvgIpc) is 3.07. The lowest BCUT2D eigenvalue weighted by atomic mass is 10.2. The first-order valence-corrected chi connectivity index (χ1v) is 7.58. The molecule has 1 aliphatic heterocycles. The second kappa shape index (κ2) is 6.16. The summed E-state index contributed by atoms with van der Waals surface area (Å²) in [5.74, 6) is 1.18. The van der Waals surface area contributed by atoms with Crippen LogP contribution in [0.3, 0.4) is 0 Å². The molecule has 1 aromatic heterocycles. The number of fused-ring (bicyclic) bond motifs is 2. The van der Waals surface area contributed by atoms with E-state index in [1.54, 1.807) is 12.1 Å². The summed E-state index contributed by atoms with van der Waals surface area (Å²) < 4.78 is 10.6. The minimum absolute atomic E-state index is 0.203. The molecule has 3 aromatic rings. The number of para-hydroxylation sites is 1. The highest BCUT2D eigenvalue weighted by molar-refractivity contribution is 5.91. The summed E-state index contributed by atoms with van der Waals surface area (Å²) in [5, 5.41) is 15.6. The second-order valence-corrected chi connectivity index (χ2v) is 5.35. The van der Waals surface area contributed by atoms with Gasteiger partial charge in [-0.1, -0.05) is 12.1 Å². The van der Waals surface area contributed by atoms with Gasteiger partial charge in [0.1, 0.15) is 12.4 Å². The summed E-state index contributed by atoms with van der Waals surface area (Å²) in [6.45, 7) is -0.0288. The van der Waals surface area contributed by atoms with Gasteiger partial charge in [-0.05, 0) is 24.3 Å². The molecule has 0 aliphatic carbocycles. The van der Waals surface area contributed by atoms with Crippen molar-refractivity contribution >= 4 is 34.3 Å². The van der Waals surface area contributed by atoms with Crippen molar-refractivity contribution < 1.29 is 19.4 Å². The number of aromatic nitrogens is 2. The number of hydrogen-bond acceptors (Lipinski definition) is 7. The monoisotopic (exact) mass is 338 g/mol. The molecule has 0 saturated carbocycles. The molecule has 0 fully saturated rings. The van der Waals surface area contributed by atoms with Crippen molar-refractivity contribution in [2.45, 2.75) is 0 Å². The molecule has 0 saturated heterocycles. The smallest absolute Gasteiger partial charge is 0.322 e. The van der Waals surface area contributed by atoms with E-state index in [1.165, 1.54) is 0 Å². The molecule has 0 spiro atoms. The van der Waals surface area contributed by atoms with Crippen molar-refractivity contribution in [1.29, 1.82) is 0 Å². The molecule has 4 rings (SSSR count). The SMILES string of the molecule is O=C(O)CNc1nc(Nc2ccc3c(c2)OCO3)nc2ccccc12. The molecule has 0 amide bonds. The fraction of sp³-hybridized carbons (Fsp3) is 0.118. The number of benzene rings is 2. The molecule has 126 valence electrons. The number of carbonyl (C=O) groups is 1. The van der Waals surface area contributed by atoms with Gasteiger partial charge in [0.2, 0.25) is 12.7 Å². The quantitative estimate of drug-likeness (QED) is 0.652. The first-order chi connectivity index (χ1) is 12.2. The van der Waals surface area contributed by atoms with Crippen LogP contribution in [0, 0.1) is 0 Å². The molecule has 8 heteroatoms. The second-order valence-electron chi connectivity index (χ2n) is 5.35. The highest BCUT2D eigenvalue weighted by Gasteiger charge is 2.14. The Hall–Kier alpha value is -3.55. The fourth-order valence-electron chi connectivity index (χ4n) is 2.53. The van der Waals surface area contributed by atoms with Crippen LogP contribution >= 0.6 is 0 Å². The van der Waals surface area contributed by atoms with Gasteiger partial charge in [-0.15, -0.1) is 0 Å². The summed E-state index contributed by atoms with van der Waals surface area (Å²) >= 11 is 0. The number of rotatable bonds is 5. The first kappa shape index (κ1) is 15.0. The standard InChI is InChI=1S/C17H14N4O4/c22-15(23)8-18-16-11-3-1-2-4-12(11)20-17(21-16)19-10-5-6-13-14(7-10)25-9-24-13/h1-7H,8-9H2,(H,22,23)(H2,18,19,20,21). The maximum atomic E-state index is 10.8. The fourth-order valence-corrected chi connectivity index (χ4v) is 2.53. The van der Waals surface area contributed by atoms with Crippen LogP contribution in [-0.2, 0) is 4.79 Å². The van der Waals surface area contributed by atoms with Crippen LogP contribution in [0.2, 0.25) is 0 Å². The van der Waals surface area contributed by atoms with Gasteiger partial charge in [0, 0.05) is 17.1 Å². The van der Waals surface area contributed by atoms with Gasteiger partial charge in [-0.25, -0.2) is 4.98 Å². The summed E-state index contributed by atoms with van der Waals surface area (Å²) in [6.07, 6.45) is 0. The average molecular weight is 338 g/mol. The van der Waals surface area contributed by atoms with E-state index in [1.807, 2.05) is 30.3 Å². The number of ether oxygens (including phenoxy) is 2. The van der Waals surface area contributed by atoms with Crippen LogP contribution in [0.15, 0.2) is 42.5 Å². The predicted molar refractivity (Wildman–Crippen MR) is 91.5 cm³/mol. The number of anilines is 3. The molecule has 8 nitrogen and oxygen atoms in total. The maximum absolute atomic E-state index is 10.8. The third kappa shape index (κ3) is 3.09. The molecule has 2 aromatic carbocycles. The van der Waals surface area contributed by atoms with Gasteiger partial charge in [0.05, 0.1) is 5.52 Å². The summed E-state index contributed by atoms with van der Waals surface area (Å²) in [7, 11) is 0. The number of nitrogens with one attached hydrogen (secondary N) is 2. The van der Waals surface area contributed by atoms with Crippen LogP contribution in [0.25, 0.3) is 10.9 Å². The highest BCUT2D eigenvalue weighted by atomic mass is 16.7. The lowest BCUT2D eigenvalue weighted by molar-refractivity contribution is -0.134. The van der Waals surface area contributed by atoms with Crippen molar-refractivity contribution in [3.8, 4) is 11.5 Å². The van der Waals surface area contributed by atoms with Crippen LogP contribution in [0.1, 0.15) is 0 Å². The lowest BCUT2D eigenvalue weighted by Gasteiger charge is -2.11. The minimum Gasteiger partial charge on any atom is -0.480 e. The Morgan fingerprint density at radius 1 is 1.12 bits per heavy atom. The number of hydrogen-bond donors (Lipinski definition) is 3. The summed E-state index contributed by atoms with van der Waals surface area (Å²) in [5.41, 5.74) is 1.44. The molecule has 3 N–H and O–H groups in total. The van der Waals surface area contributed by atoms with Crippen molar-refractivity contribution in [2.24, 2.45) is 0 Å². The Balaban J connectivity index is 1.68. The third-order valence-corrected chi connectivity index (χ3v) is 3.64. The normalized spacial score (nSPS) is 12.2. The van der Waals surface area contributed by atoms with E-state index in [2.05, 4.69) is 20.6 Å². The largest absolute Gasteiger partial charge is 0.480 e. The Bertz CT molecular complexity index is 961. The Labute approximate surface area is 142 Å². The van der Waals surface area contributed by atoms with E-state index < -0.39 is 5.97 Å². The molecule has 0 atom stereocenters. The van der Waals surface area contributed by atoms with E-state index in [9.17, 15) is 4.79 Å². The molecule has 0 radical (unpaired) electrons. The molecule has 0 unspecified atom stereocenters. The van der Waals surface area contributed by atoms with Gasteiger partial charge in [-0.2, -0.15) is 4.98 Å². The van der Waals surface area contributed by atoms with Crippen LogP contribution in [-0.4, -0.2) is 34.4 Å². The number of carboxylic acids is 1. The topological polar surface area (TPSA) is 106 Å². The zero-order chi connectivity index (χ0) is 17.2. The zero-order valence-electron chi connectivity index (χ0n) is 13.0. The van der Waals surface area contributed by atoms with E-state index in [-0.39, 0.29) is 13.3 Å². The predicted octanol–water partition coefficient (Wildman–Crippen LogP) is 2.60. The highest BCUT2D eigenvalue weighted by Crippen LogP contribution is 2.35. The lowest BCUT2D eigenvalue weighted by Crippen LogP contribution is -2.14. The third-order valence-electron chi connectivity index (χ3n) is 3.64. The van der Waals surface area contributed by atoms with Gasteiger partial charge < -0.3 is 25.2 Å². The first-order valence-electron chi connectivity index (χ1n) is 7.58. The zero-order valence-corrected chi connectivity index (χ0v) is 13.0. The van der Waals surface area contributed by atoms with Crippen LogP contribution in [0.5, 0.6) is 11.5 Å². The summed E-state index contributed by atoms with van der Waals surface area (Å²) in [6, 6.07) is 12.8. The van der Waals surface area contributed by atoms with E-state index in [0.29, 0.717) is 28.8 Å². The van der Waals surface area contributed by atoms with Gasteiger partial charge in [0.25, 0.3) is 0 Å². The van der Waals surface area contributed by atoms with Gasteiger partial charge >= 0.3 is 5.97 Å². The molecule has 1 aliphatic rings. The van der Waals surface area contributed by atoms with E-state index >= 15 is 0 Å². The van der Waals surface area contributed by atoms with E-state index in [4.69, 9.17) is 14.6 Å². The van der Waals surface area contributed by atoms with Crippen LogP contribution in [0.4, 0.5) is 17.5 Å². The van der Waals surface area contributed by atoms with Gasteiger partial charge in [0.15, 0.2) is 11.5 Å². The van der Waals surface area contributed by atoms with Crippen molar-refractivity contribution in [3.05, 3.63) is 42.5 Å². The number of nitrogens with zero attached hydrogens (tertiary/aromatic N) is 2. The molecular formula is C17H14N4O4. The van der Waals surface area contributed by atoms with Crippen molar-refractivity contribution in [2.75, 3.05) is 24.0 Å². The number of aliphatic carboxylic acids is 1. The molecule has 25 heavy (non-hydrogen) atoms. The Morgan fingerprint density at radius 3 is 2.84 bits per heavy atom. The van der Waals surface area contributed by atoms with E-state index in [0.717, 1.165) is 11.1 Å². The summed E-state index contributed by atoms with van der Waals surface area (Å²) in [4.78, 5) is 19.7. The Kier molecular flexibility index (Phi) is 3.70. The van der Waals surface area contributed by atoms with Crippen LogP contribution < -0.4 is 20.1 Å². The Morgan fingerprint density at radius 2 is 1.96 bits per heavy atom. The number of carboxylic acid groups (broad SMARTS) is 1.